The Hall–Kier alpha value is -1.27. The molecule has 0 saturated carbocycles. The third-order valence-electron chi connectivity index (χ3n) is 3.69. The summed E-state index contributed by atoms with van der Waals surface area (Å²) in [5.41, 5.74) is 0.944. The highest BCUT2D eigenvalue weighted by atomic mass is 32.2. The van der Waals surface area contributed by atoms with Crippen LogP contribution in [0.3, 0.4) is 0 Å². The quantitative estimate of drug-likeness (QED) is 0.385. The van der Waals surface area contributed by atoms with Gasteiger partial charge in [-0.1, -0.05) is 12.1 Å². The molecule has 1 rings (SSSR count). The van der Waals surface area contributed by atoms with Gasteiger partial charge in [-0.2, -0.15) is 11.8 Å². The van der Waals surface area contributed by atoms with E-state index in [2.05, 4.69) is 33.7 Å². The third kappa shape index (κ3) is 8.02. The number of benzene rings is 1. The minimum atomic E-state index is -0.206. The van der Waals surface area contributed by atoms with Crippen molar-refractivity contribution in [3.8, 4) is 0 Å². The molecule has 6 heteroatoms. The molecule has 0 fully saturated rings. The van der Waals surface area contributed by atoms with Crippen LogP contribution in [0.5, 0.6) is 0 Å². The summed E-state index contributed by atoms with van der Waals surface area (Å²) in [5, 5.41) is 6.65. The van der Waals surface area contributed by atoms with Gasteiger partial charge in [-0.3, -0.25) is 4.99 Å². The molecule has 0 aliphatic carbocycles. The number of rotatable bonds is 10. The molecule has 0 radical (unpaired) electrons. The van der Waals surface area contributed by atoms with Crippen LogP contribution in [-0.4, -0.2) is 56.6 Å². The molecular formula is C18H31FN4S. The fourth-order valence-corrected chi connectivity index (χ4v) is 2.87. The predicted molar refractivity (Wildman–Crippen MR) is 104 cm³/mol. The Bertz CT molecular complexity index is 494. The van der Waals surface area contributed by atoms with Crippen LogP contribution < -0.4 is 10.6 Å². The van der Waals surface area contributed by atoms with Gasteiger partial charge < -0.3 is 15.5 Å². The van der Waals surface area contributed by atoms with Crippen molar-refractivity contribution in [2.75, 3.05) is 45.7 Å². The lowest BCUT2D eigenvalue weighted by atomic mass is 10.1. The van der Waals surface area contributed by atoms with Crippen molar-refractivity contribution in [2.24, 2.45) is 4.99 Å². The smallest absolute Gasteiger partial charge is 0.191 e. The number of likely N-dealkylation sites (N-methyl/N-ethyl adjacent to an activating group) is 1. The lowest BCUT2D eigenvalue weighted by Gasteiger charge is -2.23. The van der Waals surface area contributed by atoms with E-state index in [-0.39, 0.29) is 11.9 Å². The van der Waals surface area contributed by atoms with E-state index in [1.165, 1.54) is 18.2 Å². The van der Waals surface area contributed by atoms with Gasteiger partial charge in [-0.15, -0.1) is 0 Å². The molecule has 1 aromatic carbocycles. The summed E-state index contributed by atoms with van der Waals surface area (Å²) in [6.45, 7) is 4.37. The van der Waals surface area contributed by atoms with E-state index in [1.54, 1.807) is 12.1 Å². The molecule has 0 heterocycles. The maximum atomic E-state index is 13.5. The van der Waals surface area contributed by atoms with Gasteiger partial charge >= 0.3 is 0 Å². The number of halogens is 1. The number of nitrogens with one attached hydrogen (secondary N) is 2. The lowest BCUT2D eigenvalue weighted by Crippen LogP contribution is -2.38. The number of nitrogens with zero attached hydrogens (tertiary/aromatic N) is 2. The Morgan fingerprint density at radius 2 is 2.08 bits per heavy atom. The Labute approximate surface area is 150 Å². The topological polar surface area (TPSA) is 39.7 Å². The lowest BCUT2D eigenvalue weighted by molar-refractivity contribution is 0.305. The molecule has 0 bridgehead atoms. The van der Waals surface area contributed by atoms with Crippen molar-refractivity contribution in [1.29, 1.82) is 0 Å². The van der Waals surface area contributed by atoms with Gasteiger partial charge in [-0.05, 0) is 63.6 Å². The molecule has 0 saturated heterocycles. The van der Waals surface area contributed by atoms with Crippen molar-refractivity contribution in [1.82, 2.24) is 15.5 Å². The van der Waals surface area contributed by atoms with Crippen LogP contribution in [0.4, 0.5) is 4.39 Å². The van der Waals surface area contributed by atoms with Crippen LogP contribution in [0.15, 0.2) is 29.3 Å². The van der Waals surface area contributed by atoms with Crippen molar-refractivity contribution < 1.29 is 4.39 Å². The Morgan fingerprint density at radius 1 is 1.29 bits per heavy atom. The molecule has 0 aliphatic rings. The molecule has 1 aromatic rings. The monoisotopic (exact) mass is 354 g/mol. The highest BCUT2D eigenvalue weighted by molar-refractivity contribution is 7.98. The molecule has 0 amide bonds. The minimum Gasteiger partial charge on any atom is -0.357 e. The summed E-state index contributed by atoms with van der Waals surface area (Å²) < 4.78 is 13.5. The van der Waals surface area contributed by atoms with E-state index in [9.17, 15) is 4.39 Å². The number of hydrogen-bond acceptors (Lipinski definition) is 3. The summed E-state index contributed by atoms with van der Waals surface area (Å²) in [7, 11) is 3.99. The van der Waals surface area contributed by atoms with Gasteiger partial charge in [0.15, 0.2) is 5.96 Å². The van der Waals surface area contributed by atoms with E-state index >= 15 is 0 Å². The number of thioether (sulfide) groups is 1. The van der Waals surface area contributed by atoms with Gasteiger partial charge in [0.2, 0.25) is 0 Å². The fourth-order valence-electron chi connectivity index (χ4n) is 2.38. The second kappa shape index (κ2) is 12.1. The second-order valence-electron chi connectivity index (χ2n) is 5.88. The number of unbranched alkanes of at least 4 members (excludes halogenated alkanes) is 1. The Kier molecular flexibility index (Phi) is 10.5. The predicted octanol–water partition coefficient (Wildman–Crippen LogP) is 3.13. The highest BCUT2D eigenvalue weighted by Crippen LogP contribution is 2.19. The third-order valence-corrected chi connectivity index (χ3v) is 4.39. The van der Waals surface area contributed by atoms with Crippen LogP contribution in [0, 0.1) is 5.82 Å². The van der Waals surface area contributed by atoms with E-state index in [0.29, 0.717) is 6.54 Å². The first-order valence-corrected chi connectivity index (χ1v) is 9.90. The Morgan fingerprint density at radius 3 is 2.71 bits per heavy atom. The van der Waals surface area contributed by atoms with E-state index in [4.69, 9.17) is 0 Å². The van der Waals surface area contributed by atoms with Crippen molar-refractivity contribution in [2.45, 2.75) is 25.8 Å². The average molecular weight is 355 g/mol. The number of hydrogen-bond donors (Lipinski definition) is 2. The molecule has 1 atom stereocenters. The minimum absolute atomic E-state index is 0.0487. The van der Waals surface area contributed by atoms with Crippen LogP contribution >= 0.6 is 11.8 Å². The highest BCUT2D eigenvalue weighted by Gasteiger charge is 2.14. The van der Waals surface area contributed by atoms with Gasteiger partial charge in [0, 0.05) is 13.1 Å². The van der Waals surface area contributed by atoms with Gasteiger partial charge in [-0.25, -0.2) is 4.39 Å². The molecule has 2 N–H and O–H groups in total. The first-order valence-electron chi connectivity index (χ1n) is 8.51. The largest absolute Gasteiger partial charge is 0.357 e. The van der Waals surface area contributed by atoms with E-state index in [0.717, 1.165) is 31.0 Å². The first-order chi connectivity index (χ1) is 11.6. The van der Waals surface area contributed by atoms with E-state index in [1.807, 2.05) is 31.9 Å². The number of aliphatic imine (C=N–C) groups is 1. The molecule has 1 unspecified atom stereocenters. The van der Waals surface area contributed by atoms with Crippen molar-refractivity contribution >= 4 is 17.7 Å². The van der Waals surface area contributed by atoms with Gasteiger partial charge in [0.1, 0.15) is 5.82 Å². The Balaban J connectivity index is 2.66. The zero-order chi connectivity index (χ0) is 17.8. The second-order valence-corrected chi connectivity index (χ2v) is 6.87. The SMILES string of the molecule is CCNC(=NCC(c1cccc(F)c1)N(C)C)NCCCCSC. The summed E-state index contributed by atoms with van der Waals surface area (Å²) >= 11 is 1.88. The first kappa shape index (κ1) is 20.8. The van der Waals surface area contributed by atoms with Crippen LogP contribution in [0.25, 0.3) is 0 Å². The molecule has 0 aromatic heterocycles. The molecule has 136 valence electrons. The average Bonchev–Trinajstić information content (AvgIpc) is 2.54. The zero-order valence-corrected chi connectivity index (χ0v) is 16.1. The van der Waals surface area contributed by atoms with Crippen molar-refractivity contribution in [3.63, 3.8) is 0 Å². The molecule has 0 aliphatic heterocycles. The van der Waals surface area contributed by atoms with Crippen LogP contribution in [-0.2, 0) is 0 Å². The van der Waals surface area contributed by atoms with Gasteiger partial charge in [0.05, 0.1) is 12.6 Å². The zero-order valence-electron chi connectivity index (χ0n) is 15.3. The summed E-state index contributed by atoms with van der Waals surface area (Å²) in [4.78, 5) is 6.75. The van der Waals surface area contributed by atoms with Crippen molar-refractivity contribution in [3.05, 3.63) is 35.6 Å². The fraction of sp³-hybridized carbons (Fsp3) is 0.611. The number of guanidine groups is 1. The standard InChI is InChI=1S/C18H31FN4S/c1-5-20-18(21-11-6-7-12-24-4)22-14-17(23(2)3)15-9-8-10-16(19)13-15/h8-10,13,17H,5-7,11-12,14H2,1-4H3,(H2,20,21,22). The molecule has 24 heavy (non-hydrogen) atoms. The maximum Gasteiger partial charge on any atom is 0.191 e. The maximum absolute atomic E-state index is 13.5. The summed E-state index contributed by atoms with van der Waals surface area (Å²) in [6, 6.07) is 6.81. The molecule has 4 nitrogen and oxygen atoms in total. The normalized spacial score (nSPS) is 13.2. The van der Waals surface area contributed by atoms with Crippen LogP contribution in [0.1, 0.15) is 31.4 Å². The summed E-state index contributed by atoms with van der Waals surface area (Å²) in [6.07, 6.45) is 4.47. The van der Waals surface area contributed by atoms with E-state index < -0.39 is 0 Å². The van der Waals surface area contributed by atoms with Gasteiger partial charge in [0.25, 0.3) is 0 Å². The molecule has 0 spiro atoms. The molecular weight excluding hydrogens is 323 g/mol. The van der Waals surface area contributed by atoms with Crippen LogP contribution in [0.2, 0.25) is 0 Å². The summed E-state index contributed by atoms with van der Waals surface area (Å²) in [5.74, 6) is 1.81.